The number of aromatic nitrogens is 2. The monoisotopic (exact) mass is 347 g/mol. The molecule has 2 aromatic heterocycles. The molecule has 0 aromatic carbocycles. The van der Waals surface area contributed by atoms with Crippen LogP contribution < -0.4 is 5.32 Å². The lowest BCUT2D eigenvalue weighted by Gasteiger charge is -2.37. The molecule has 0 bridgehead atoms. The number of aryl methyl sites for hydroxylation is 3. The number of hydrogen-bond acceptors (Lipinski definition) is 4. The molecule has 3 rings (SSSR count). The Labute approximate surface area is 146 Å². The molecule has 130 valence electrons. The molecule has 0 saturated heterocycles. The molecule has 0 aliphatic heterocycles. The first-order chi connectivity index (χ1) is 11.5. The summed E-state index contributed by atoms with van der Waals surface area (Å²) in [7, 11) is 0. The second kappa shape index (κ2) is 7.49. The highest BCUT2D eigenvalue weighted by Crippen LogP contribution is 2.39. The van der Waals surface area contributed by atoms with Crippen LogP contribution in [0, 0.1) is 19.8 Å². The van der Waals surface area contributed by atoms with Crippen molar-refractivity contribution in [3.05, 3.63) is 39.8 Å². The number of nitrogens with zero attached hydrogens (tertiary/aromatic N) is 2. The lowest BCUT2D eigenvalue weighted by atomic mass is 9.76. The molecular formula is C18H25N3O2S. The van der Waals surface area contributed by atoms with Crippen LogP contribution in [-0.4, -0.2) is 26.9 Å². The van der Waals surface area contributed by atoms with E-state index < -0.39 is 0 Å². The summed E-state index contributed by atoms with van der Waals surface area (Å²) >= 11 is 1.67. The lowest BCUT2D eigenvalue weighted by Crippen LogP contribution is -2.41. The average Bonchev–Trinajstić information content (AvgIpc) is 3.12. The second-order valence-electron chi connectivity index (χ2n) is 6.70. The highest BCUT2D eigenvalue weighted by Gasteiger charge is 2.35. The third-order valence-corrected chi connectivity index (χ3v) is 5.62. The molecule has 1 fully saturated rings. The third kappa shape index (κ3) is 4.05. The van der Waals surface area contributed by atoms with Gasteiger partial charge in [0.25, 0.3) is 0 Å². The summed E-state index contributed by atoms with van der Waals surface area (Å²) in [5, 5.41) is 19.2. The fourth-order valence-corrected chi connectivity index (χ4v) is 4.20. The van der Waals surface area contributed by atoms with Crippen LogP contribution in [0.25, 0.3) is 0 Å². The van der Waals surface area contributed by atoms with Gasteiger partial charge < -0.3 is 10.4 Å². The fraction of sp³-hybridized carbons (Fsp3) is 0.556. The molecule has 1 aliphatic carbocycles. The predicted molar refractivity (Wildman–Crippen MR) is 94.9 cm³/mol. The number of aliphatic hydroxyl groups excluding tert-OH is 1. The summed E-state index contributed by atoms with van der Waals surface area (Å²) in [6.07, 6.45) is 2.61. The number of aliphatic hydroxyl groups is 1. The molecular weight excluding hydrogens is 322 g/mol. The molecule has 24 heavy (non-hydrogen) atoms. The zero-order valence-electron chi connectivity index (χ0n) is 14.2. The van der Waals surface area contributed by atoms with E-state index in [-0.39, 0.29) is 18.1 Å². The van der Waals surface area contributed by atoms with Crippen molar-refractivity contribution in [2.45, 2.75) is 58.2 Å². The zero-order chi connectivity index (χ0) is 17.1. The highest BCUT2D eigenvalue weighted by atomic mass is 32.1. The quantitative estimate of drug-likeness (QED) is 0.809. The third-order valence-electron chi connectivity index (χ3n) is 4.66. The van der Waals surface area contributed by atoms with Gasteiger partial charge in [-0.3, -0.25) is 9.48 Å². The molecule has 1 amide bonds. The molecule has 1 atom stereocenters. The Morgan fingerprint density at radius 1 is 1.50 bits per heavy atom. The van der Waals surface area contributed by atoms with E-state index >= 15 is 0 Å². The molecule has 1 aliphatic rings. The Hall–Kier alpha value is -1.66. The maximum Gasteiger partial charge on any atom is 0.220 e. The summed E-state index contributed by atoms with van der Waals surface area (Å²) < 4.78 is 1.96. The number of hydrogen-bond donors (Lipinski definition) is 2. The smallest absolute Gasteiger partial charge is 0.220 e. The lowest BCUT2D eigenvalue weighted by molar-refractivity contribution is -0.123. The van der Waals surface area contributed by atoms with E-state index in [9.17, 15) is 9.90 Å². The van der Waals surface area contributed by atoms with Gasteiger partial charge in [0.2, 0.25) is 5.91 Å². The summed E-state index contributed by atoms with van der Waals surface area (Å²) in [6, 6.07) is 6.16. The Balaban J connectivity index is 1.51. The van der Waals surface area contributed by atoms with Crippen molar-refractivity contribution >= 4 is 17.2 Å². The molecule has 0 spiro atoms. The van der Waals surface area contributed by atoms with Gasteiger partial charge in [-0.25, -0.2) is 0 Å². The molecule has 6 heteroatoms. The van der Waals surface area contributed by atoms with Crippen LogP contribution in [0.5, 0.6) is 0 Å². The van der Waals surface area contributed by atoms with Crippen LogP contribution in [0.4, 0.5) is 0 Å². The minimum atomic E-state index is -0.208. The van der Waals surface area contributed by atoms with Crippen molar-refractivity contribution in [3.8, 4) is 0 Å². The van der Waals surface area contributed by atoms with E-state index in [1.54, 1.807) is 11.3 Å². The number of carbonyl (C=O) groups is 1. The minimum absolute atomic E-state index is 0.0367. The molecule has 1 unspecified atom stereocenters. The van der Waals surface area contributed by atoms with E-state index in [2.05, 4.69) is 22.5 Å². The predicted octanol–water partition coefficient (Wildman–Crippen LogP) is 2.97. The van der Waals surface area contributed by atoms with Crippen LogP contribution >= 0.6 is 11.3 Å². The number of amides is 1. The van der Waals surface area contributed by atoms with Crippen LogP contribution in [0.1, 0.15) is 48.0 Å². The topological polar surface area (TPSA) is 67.2 Å². The van der Waals surface area contributed by atoms with Crippen molar-refractivity contribution in [2.24, 2.45) is 5.92 Å². The molecule has 5 nitrogen and oxygen atoms in total. The summed E-state index contributed by atoms with van der Waals surface area (Å²) in [5.74, 6) is 0.426. The molecule has 2 aromatic rings. The summed E-state index contributed by atoms with van der Waals surface area (Å²) in [5.41, 5.74) is 2.14. The summed E-state index contributed by atoms with van der Waals surface area (Å²) in [4.78, 5) is 13.5. The van der Waals surface area contributed by atoms with E-state index in [1.807, 2.05) is 30.0 Å². The normalized spacial score (nSPS) is 21.3. The van der Waals surface area contributed by atoms with Crippen molar-refractivity contribution in [1.82, 2.24) is 15.1 Å². The van der Waals surface area contributed by atoms with E-state index in [1.165, 1.54) is 4.88 Å². The van der Waals surface area contributed by atoms with E-state index in [0.717, 1.165) is 37.2 Å². The number of carbonyl (C=O) groups excluding carboxylic acids is 1. The Kier molecular flexibility index (Phi) is 5.36. The molecule has 1 saturated carbocycles. The number of thiophene rings is 1. The van der Waals surface area contributed by atoms with Gasteiger partial charge in [-0.15, -0.1) is 11.3 Å². The number of nitrogens with one attached hydrogen (secondary N) is 1. The summed E-state index contributed by atoms with van der Waals surface area (Å²) in [6.45, 7) is 4.78. The SMILES string of the molecule is Cc1cc(C)n(CCCC(=O)NC(c2cccs2)C2CC(O)C2)n1. The highest BCUT2D eigenvalue weighted by molar-refractivity contribution is 7.10. The van der Waals surface area contributed by atoms with Crippen LogP contribution in [0.15, 0.2) is 23.6 Å². The van der Waals surface area contributed by atoms with Gasteiger partial charge in [-0.1, -0.05) is 6.07 Å². The van der Waals surface area contributed by atoms with Gasteiger partial charge in [0, 0.05) is 23.5 Å². The van der Waals surface area contributed by atoms with Gasteiger partial charge in [-0.2, -0.15) is 5.10 Å². The van der Waals surface area contributed by atoms with Gasteiger partial charge in [0.05, 0.1) is 17.8 Å². The van der Waals surface area contributed by atoms with Gasteiger partial charge in [-0.05, 0) is 56.5 Å². The van der Waals surface area contributed by atoms with Crippen molar-refractivity contribution < 1.29 is 9.90 Å². The standard InChI is InChI=1S/C18H25N3O2S/c1-12-9-13(2)21(20-12)7-3-6-17(23)19-18(14-10-15(22)11-14)16-5-4-8-24-16/h4-5,8-9,14-15,18,22H,3,6-7,10-11H2,1-2H3,(H,19,23). The maximum atomic E-state index is 12.4. The maximum absolute atomic E-state index is 12.4. The first-order valence-corrected chi connectivity index (χ1v) is 9.43. The molecule has 2 heterocycles. The Morgan fingerprint density at radius 2 is 2.29 bits per heavy atom. The first kappa shape index (κ1) is 17.2. The van der Waals surface area contributed by atoms with Crippen molar-refractivity contribution in [2.75, 3.05) is 0 Å². The zero-order valence-corrected chi connectivity index (χ0v) is 15.1. The Morgan fingerprint density at radius 3 is 2.88 bits per heavy atom. The average molecular weight is 347 g/mol. The first-order valence-electron chi connectivity index (χ1n) is 8.55. The van der Waals surface area contributed by atoms with Gasteiger partial charge >= 0.3 is 0 Å². The Bertz CT molecular complexity index is 675. The van der Waals surface area contributed by atoms with Crippen LogP contribution in [0.2, 0.25) is 0 Å². The van der Waals surface area contributed by atoms with Crippen molar-refractivity contribution in [1.29, 1.82) is 0 Å². The van der Waals surface area contributed by atoms with Gasteiger partial charge in [0.1, 0.15) is 0 Å². The minimum Gasteiger partial charge on any atom is -0.393 e. The van der Waals surface area contributed by atoms with Crippen LogP contribution in [0.3, 0.4) is 0 Å². The van der Waals surface area contributed by atoms with Crippen molar-refractivity contribution in [3.63, 3.8) is 0 Å². The molecule has 0 radical (unpaired) electrons. The fourth-order valence-electron chi connectivity index (χ4n) is 3.33. The van der Waals surface area contributed by atoms with Crippen LogP contribution in [-0.2, 0) is 11.3 Å². The van der Waals surface area contributed by atoms with Gasteiger partial charge in [0.15, 0.2) is 0 Å². The molecule has 2 N–H and O–H groups in total. The van der Waals surface area contributed by atoms with E-state index in [0.29, 0.717) is 12.3 Å². The largest absolute Gasteiger partial charge is 0.393 e. The number of rotatable bonds is 7. The second-order valence-corrected chi connectivity index (χ2v) is 7.68. The van der Waals surface area contributed by atoms with E-state index in [4.69, 9.17) is 0 Å².